The molecule has 0 amide bonds. The molecule has 124 valence electrons. The van der Waals surface area contributed by atoms with Crippen LogP contribution in [0.25, 0.3) is 0 Å². The van der Waals surface area contributed by atoms with E-state index in [1.165, 1.54) is 12.1 Å². The third-order valence-electron chi connectivity index (χ3n) is 3.95. The first kappa shape index (κ1) is 15.9. The molecule has 23 heavy (non-hydrogen) atoms. The number of aryl methyl sites for hydroxylation is 1. The maximum Gasteiger partial charge on any atom is 0.236 e. The lowest BCUT2D eigenvalue weighted by Gasteiger charge is -2.26. The highest BCUT2D eigenvalue weighted by Crippen LogP contribution is 2.32. The molecule has 3 rings (SSSR count). The second-order valence-electron chi connectivity index (χ2n) is 5.57. The van der Waals surface area contributed by atoms with Crippen LogP contribution < -0.4 is 9.64 Å². The maximum absolute atomic E-state index is 12.9. The zero-order valence-corrected chi connectivity index (χ0v) is 14.1. The van der Waals surface area contributed by atoms with Crippen LogP contribution in [0.5, 0.6) is 5.75 Å². The summed E-state index contributed by atoms with van der Waals surface area (Å²) in [5.74, 6) is 1.33. The molecule has 1 aromatic carbocycles. The highest BCUT2D eigenvalue weighted by atomic mass is 32.2. The van der Waals surface area contributed by atoms with Gasteiger partial charge in [-0.15, -0.1) is 0 Å². The Morgan fingerprint density at radius 2 is 1.78 bits per heavy atom. The highest BCUT2D eigenvalue weighted by Gasteiger charge is 2.30. The molecule has 0 aliphatic carbocycles. The van der Waals surface area contributed by atoms with Gasteiger partial charge in [0.15, 0.2) is 5.89 Å². The molecule has 6 nitrogen and oxygen atoms in total. The number of sulfone groups is 1. The van der Waals surface area contributed by atoms with Crippen molar-refractivity contribution in [1.29, 1.82) is 0 Å². The molecular weight excluding hydrogens is 316 g/mol. The second-order valence-corrected chi connectivity index (χ2v) is 7.43. The lowest BCUT2D eigenvalue weighted by molar-refractivity contribution is 0.414. The van der Waals surface area contributed by atoms with Crippen LogP contribution in [-0.4, -0.2) is 33.6 Å². The van der Waals surface area contributed by atoms with E-state index >= 15 is 0 Å². The van der Waals surface area contributed by atoms with Crippen molar-refractivity contribution in [3.05, 3.63) is 30.2 Å². The molecule has 0 N–H and O–H groups in total. The van der Waals surface area contributed by atoms with Gasteiger partial charge in [0.2, 0.25) is 20.7 Å². The molecule has 1 aliphatic rings. The summed E-state index contributed by atoms with van der Waals surface area (Å²) in [6, 6.07) is 6.30. The van der Waals surface area contributed by atoms with Crippen molar-refractivity contribution in [1.82, 2.24) is 4.98 Å². The Morgan fingerprint density at radius 3 is 2.39 bits per heavy atom. The zero-order chi connectivity index (χ0) is 16.4. The van der Waals surface area contributed by atoms with E-state index in [1.54, 1.807) is 26.2 Å². The topological polar surface area (TPSA) is 72.6 Å². The summed E-state index contributed by atoms with van der Waals surface area (Å²) >= 11 is 0. The van der Waals surface area contributed by atoms with Gasteiger partial charge in [0.1, 0.15) is 5.75 Å². The normalized spacial score (nSPS) is 15.7. The molecular formula is C16H20N2O4S. The number of hydrogen-bond donors (Lipinski definition) is 0. The third-order valence-corrected chi connectivity index (χ3v) is 5.62. The molecule has 2 heterocycles. The maximum atomic E-state index is 12.9. The summed E-state index contributed by atoms with van der Waals surface area (Å²) in [7, 11) is -2.18. The lowest BCUT2D eigenvalue weighted by atomic mass is 10.1. The smallest absolute Gasteiger partial charge is 0.236 e. The van der Waals surface area contributed by atoms with Gasteiger partial charge >= 0.3 is 0 Å². The van der Waals surface area contributed by atoms with Crippen molar-refractivity contribution in [3.63, 3.8) is 0 Å². The van der Waals surface area contributed by atoms with Gasteiger partial charge in [0.25, 0.3) is 0 Å². The average Bonchev–Trinajstić information content (AvgIpc) is 2.98. The molecule has 2 aromatic rings. The number of piperidine rings is 1. The molecule has 7 heteroatoms. The van der Waals surface area contributed by atoms with Crippen LogP contribution in [0.2, 0.25) is 0 Å². The molecule has 1 saturated heterocycles. The van der Waals surface area contributed by atoms with Crippen LogP contribution >= 0.6 is 0 Å². The summed E-state index contributed by atoms with van der Waals surface area (Å²) in [6.45, 7) is 3.25. The Kier molecular flexibility index (Phi) is 4.30. The third kappa shape index (κ3) is 3.06. The minimum absolute atomic E-state index is 0.00191. The summed E-state index contributed by atoms with van der Waals surface area (Å²) in [5, 5.41) is 0.00191. The van der Waals surface area contributed by atoms with E-state index in [4.69, 9.17) is 9.15 Å². The SMILES string of the molecule is COc1ccc(S(=O)(=O)c2nc(C)oc2N2CCCCC2)cc1. The van der Waals surface area contributed by atoms with Crippen molar-refractivity contribution in [2.24, 2.45) is 0 Å². The number of rotatable bonds is 4. The van der Waals surface area contributed by atoms with Crippen LogP contribution in [0.1, 0.15) is 25.2 Å². The molecule has 0 bridgehead atoms. The minimum atomic E-state index is -3.73. The van der Waals surface area contributed by atoms with E-state index in [1.807, 2.05) is 4.90 Å². The number of nitrogens with zero attached hydrogens (tertiary/aromatic N) is 2. The molecule has 0 saturated carbocycles. The standard InChI is InChI=1S/C16H20N2O4S/c1-12-17-15(16(22-12)18-10-4-3-5-11-18)23(19,20)14-8-6-13(21-2)7-9-14/h6-9H,3-5,10-11H2,1-2H3. The van der Waals surface area contributed by atoms with Gasteiger partial charge < -0.3 is 14.1 Å². The molecule has 1 aromatic heterocycles. The van der Waals surface area contributed by atoms with Gasteiger partial charge in [-0.2, -0.15) is 4.98 Å². The molecule has 0 radical (unpaired) electrons. The van der Waals surface area contributed by atoms with E-state index in [-0.39, 0.29) is 9.92 Å². The minimum Gasteiger partial charge on any atom is -0.497 e. The van der Waals surface area contributed by atoms with E-state index < -0.39 is 9.84 Å². The predicted molar refractivity (Wildman–Crippen MR) is 85.7 cm³/mol. The fourth-order valence-corrected chi connectivity index (χ4v) is 4.10. The van der Waals surface area contributed by atoms with Crippen molar-refractivity contribution in [3.8, 4) is 5.75 Å². The number of methoxy groups -OCH3 is 1. The Hall–Kier alpha value is -2.02. The summed E-state index contributed by atoms with van der Waals surface area (Å²) in [5.41, 5.74) is 0. The Labute approximate surface area is 136 Å². The fraction of sp³-hybridized carbons (Fsp3) is 0.438. The van der Waals surface area contributed by atoms with E-state index in [2.05, 4.69) is 4.98 Å². The van der Waals surface area contributed by atoms with Crippen LogP contribution in [-0.2, 0) is 9.84 Å². The van der Waals surface area contributed by atoms with Gasteiger partial charge in [0, 0.05) is 20.0 Å². The van der Waals surface area contributed by atoms with Gasteiger partial charge in [0.05, 0.1) is 12.0 Å². The van der Waals surface area contributed by atoms with Crippen molar-refractivity contribution in [2.45, 2.75) is 36.1 Å². The summed E-state index contributed by atoms with van der Waals surface area (Å²) < 4.78 is 36.5. The van der Waals surface area contributed by atoms with Gasteiger partial charge in [-0.1, -0.05) is 0 Å². The molecule has 0 atom stereocenters. The number of aromatic nitrogens is 1. The van der Waals surface area contributed by atoms with Gasteiger partial charge in [-0.3, -0.25) is 0 Å². The van der Waals surface area contributed by atoms with Crippen molar-refractivity contribution >= 4 is 15.7 Å². The number of hydrogen-bond acceptors (Lipinski definition) is 6. The van der Waals surface area contributed by atoms with E-state index in [0.29, 0.717) is 17.5 Å². The Morgan fingerprint density at radius 1 is 1.13 bits per heavy atom. The number of anilines is 1. The largest absolute Gasteiger partial charge is 0.497 e. The first-order chi connectivity index (χ1) is 11.0. The van der Waals surface area contributed by atoms with Crippen LogP contribution in [0.4, 0.5) is 5.88 Å². The monoisotopic (exact) mass is 336 g/mol. The molecule has 0 unspecified atom stereocenters. The molecule has 1 aliphatic heterocycles. The van der Waals surface area contributed by atoms with Crippen molar-refractivity contribution in [2.75, 3.05) is 25.1 Å². The van der Waals surface area contributed by atoms with Gasteiger partial charge in [-0.05, 0) is 43.5 Å². The lowest BCUT2D eigenvalue weighted by Crippen LogP contribution is -2.30. The fourth-order valence-electron chi connectivity index (χ4n) is 2.74. The average molecular weight is 336 g/mol. The first-order valence-corrected chi connectivity index (χ1v) is 9.12. The number of ether oxygens (including phenoxy) is 1. The Bertz CT molecular complexity index is 775. The van der Waals surface area contributed by atoms with E-state index in [9.17, 15) is 8.42 Å². The molecule has 1 fully saturated rings. The number of oxazole rings is 1. The summed E-state index contributed by atoms with van der Waals surface area (Å²) in [6.07, 6.45) is 3.22. The summed E-state index contributed by atoms with van der Waals surface area (Å²) in [4.78, 5) is 6.31. The Balaban J connectivity index is 2.02. The van der Waals surface area contributed by atoms with Crippen LogP contribution in [0, 0.1) is 6.92 Å². The van der Waals surface area contributed by atoms with E-state index in [0.717, 1.165) is 32.4 Å². The quantitative estimate of drug-likeness (QED) is 0.855. The zero-order valence-electron chi connectivity index (χ0n) is 13.3. The second kappa shape index (κ2) is 6.23. The van der Waals surface area contributed by atoms with Gasteiger partial charge in [-0.25, -0.2) is 8.42 Å². The number of benzene rings is 1. The van der Waals surface area contributed by atoms with Crippen LogP contribution in [0.3, 0.4) is 0 Å². The highest BCUT2D eigenvalue weighted by molar-refractivity contribution is 7.91. The predicted octanol–water partition coefficient (Wildman–Crippen LogP) is 2.81. The van der Waals surface area contributed by atoms with Crippen molar-refractivity contribution < 1.29 is 17.6 Å². The molecule has 0 spiro atoms. The van der Waals surface area contributed by atoms with Crippen LogP contribution in [0.15, 0.2) is 38.6 Å². The first-order valence-electron chi connectivity index (χ1n) is 7.64.